The number of likely N-dealkylation sites (N-methyl/N-ethyl adjacent to an activating group) is 1. The lowest BCUT2D eigenvalue weighted by Gasteiger charge is -2.27. The van der Waals surface area contributed by atoms with Gasteiger partial charge in [0.2, 0.25) is 5.28 Å². The Hall–Kier alpha value is -4.87. The highest BCUT2D eigenvalue weighted by atomic mass is 32.2. The Morgan fingerprint density at radius 3 is 2.24 bits per heavy atom. The Bertz CT molecular complexity index is 1740. The van der Waals surface area contributed by atoms with Crippen LogP contribution < -0.4 is 4.72 Å². The molecule has 0 radical (unpaired) electrons. The fourth-order valence-corrected chi connectivity index (χ4v) is 5.13. The van der Waals surface area contributed by atoms with Crippen molar-refractivity contribution in [3.63, 3.8) is 0 Å². The van der Waals surface area contributed by atoms with Crippen molar-refractivity contribution < 1.29 is 50.5 Å². The molecule has 3 aromatic rings. The first-order valence-electron chi connectivity index (χ1n) is 15.0. The number of halogens is 3. The maximum Gasteiger partial charge on any atom is 0.435 e. The van der Waals surface area contributed by atoms with Crippen LogP contribution >= 0.6 is 0 Å². The van der Waals surface area contributed by atoms with Crippen molar-refractivity contribution in [2.75, 3.05) is 20.4 Å². The molecule has 0 bridgehead atoms. The minimum Gasteiger partial charge on any atom is -0.569 e. The average molecular weight is 713 g/mol. The number of sulfonamides is 1. The molecule has 49 heavy (non-hydrogen) atoms. The molecule has 0 aliphatic rings. The first-order valence-corrected chi connectivity index (χ1v) is 16.5. The second-order valence-electron chi connectivity index (χ2n) is 12.2. The molecule has 0 saturated heterocycles. The minimum absolute atomic E-state index is 0.0722. The van der Waals surface area contributed by atoms with Crippen LogP contribution in [0.1, 0.15) is 52.3 Å². The molecule has 18 heteroatoms. The largest absolute Gasteiger partial charge is 0.569 e. The van der Waals surface area contributed by atoms with Gasteiger partial charge in [0.25, 0.3) is 16.8 Å². The Morgan fingerprint density at radius 1 is 1.08 bits per heavy atom. The van der Waals surface area contributed by atoms with Crippen LogP contribution in [-0.4, -0.2) is 66.7 Å². The summed E-state index contributed by atoms with van der Waals surface area (Å²) in [5.74, 6) is -0.821. The summed E-state index contributed by atoms with van der Waals surface area (Å²) in [7, 11) is -3.14. The number of aryl methyl sites for hydroxylation is 1. The number of alkyl halides is 3. The normalized spacial score (nSPS) is 13.7. The van der Waals surface area contributed by atoms with Gasteiger partial charge in [0.15, 0.2) is 5.69 Å². The molecule has 2 atom stereocenters. The van der Waals surface area contributed by atoms with Gasteiger partial charge >= 0.3 is 18.2 Å². The SMILES string of the molecule is CC[C@@H](C)[C@@H](COC(=O)NS(=O)(=O)c1ccc(-n2nc(C(F)(F)F)cc2-c2ccc(C)cc2)cc1)N(C)[N+]([O-])=NOCOC(=O)C(C)(C)C. The van der Waals surface area contributed by atoms with Crippen molar-refractivity contribution in [3.8, 4) is 16.9 Å². The first-order chi connectivity index (χ1) is 22.7. The van der Waals surface area contributed by atoms with Crippen molar-refractivity contribution >= 4 is 22.1 Å². The maximum atomic E-state index is 13.5. The van der Waals surface area contributed by atoms with E-state index in [1.54, 1.807) is 56.7 Å². The number of esters is 1. The van der Waals surface area contributed by atoms with E-state index in [0.717, 1.165) is 33.5 Å². The molecule has 1 N–H and O–H groups in total. The zero-order chi connectivity index (χ0) is 36.7. The summed E-state index contributed by atoms with van der Waals surface area (Å²) < 4.78 is 79.4. The van der Waals surface area contributed by atoms with Crippen molar-refractivity contribution in [1.82, 2.24) is 19.5 Å². The van der Waals surface area contributed by atoms with Gasteiger partial charge in [-0.25, -0.2) is 22.6 Å². The van der Waals surface area contributed by atoms with E-state index in [4.69, 9.17) is 14.3 Å². The van der Waals surface area contributed by atoms with Gasteiger partial charge in [-0.2, -0.15) is 18.3 Å². The third kappa shape index (κ3) is 10.3. The Morgan fingerprint density at radius 2 is 1.69 bits per heavy atom. The zero-order valence-corrected chi connectivity index (χ0v) is 28.8. The van der Waals surface area contributed by atoms with Crippen LogP contribution in [0.2, 0.25) is 0 Å². The average Bonchev–Trinajstić information content (AvgIpc) is 3.49. The standard InChI is InChI=1S/C31H39F3N6O8S/c1-8-21(3)26(38(7)40(43)37-48-19-47-28(41)30(4,5)6)18-46-29(42)36-49(44,45)24-15-13-23(14-16-24)39-25(17-27(35-39)31(32,33)34)22-11-9-20(2)10-12-22/h9-17,21,26H,8,18-19H2,1-7H3,(H,36,42)/t21-,26-/m1/s1. The summed E-state index contributed by atoms with van der Waals surface area (Å²) in [5, 5.41) is 20.6. The van der Waals surface area contributed by atoms with E-state index < -0.39 is 58.8 Å². The number of hydrogen-bond donors (Lipinski definition) is 1. The number of hydrazine groups is 1. The molecule has 14 nitrogen and oxygen atoms in total. The van der Waals surface area contributed by atoms with E-state index >= 15 is 0 Å². The second kappa shape index (κ2) is 15.6. The summed E-state index contributed by atoms with van der Waals surface area (Å²) in [6, 6.07) is 11.6. The molecule has 1 aromatic heterocycles. The predicted octanol–water partition coefficient (Wildman–Crippen LogP) is 5.98. The predicted molar refractivity (Wildman–Crippen MR) is 169 cm³/mol. The lowest BCUT2D eigenvalue weighted by atomic mass is 9.98. The number of ether oxygens (including phenoxy) is 2. The third-order valence-electron chi connectivity index (χ3n) is 7.37. The van der Waals surface area contributed by atoms with Gasteiger partial charge in [-0.3, -0.25) is 4.79 Å². The van der Waals surface area contributed by atoms with Gasteiger partial charge < -0.3 is 19.5 Å². The molecule has 0 unspecified atom stereocenters. The van der Waals surface area contributed by atoms with Crippen LogP contribution in [0, 0.1) is 23.5 Å². The summed E-state index contributed by atoms with van der Waals surface area (Å²) in [4.78, 5) is 28.8. The highest BCUT2D eigenvalue weighted by molar-refractivity contribution is 7.90. The van der Waals surface area contributed by atoms with Crippen LogP contribution in [0.15, 0.2) is 64.8 Å². The molecular formula is C31H39F3N6O8S. The Labute approximate surface area is 282 Å². The molecule has 0 aliphatic carbocycles. The quantitative estimate of drug-likeness (QED) is 0.0556. The molecule has 3 rings (SSSR count). The Kier molecular flexibility index (Phi) is 12.3. The number of carbonyl (C=O) groups excluding carboxylic acids is 2. The third-order valence-corrected chi connectivity index (χ3v) is 8.70. The van der Waals surface area contributed by atoms with E-state index in [0.29, 0.717) is 12.0 Å². The molecule has 2 aromatic carbocycles. The fraction of sp³-hybridized carbons (Fsp3) is 0.452. The smallest absolute Gasteiger partial charge is 0.435 e. The van der Waals surface area contributed by atoms with Gasteiger partial charge in [-0.15, -0.1) is 5.01 Å². The van der Waals surface area contributed by atoms with Gasteiger partial charge in [0.1, 0.15) is 12.6 Å². The summed E-state index contributed by atoms with van der Waals surface area (Å²) >= 11 is 0. The van der Waals surface area contributed by atoms with E-state index in [1.165, 1.54) is 19.2 Å². The van der Waals surface area contributed by atoms with Crippen molar-refractivity contribution in [3.05, 3.63) is 71.1 Å². The fourth-order valence-electron chi connectivity index (χ4n) is 4.24. The topological polar surface area (TPSA) is 167 Å². The Balaban J connectivity index is 1.70. The van der Waals surface area contributed by atoms with E-state index in [1.807, 2.05) is 13.8 Å². The summed E-state index contributed by atoms with van der Waals surface area (Å²) in [6.45, 7) is 9.29. The van der Waals surface area contributed by atoms with Crippen LogP contribution in [0.5, 0.6) is 0 Å². The molecule has 1 heterocycles. The first kappa shape index (κ1) is 38.6. The number of hydrogen-bond acceptors (Lipinski definition) is 10. The van der Waals surface area contributed by atoms with E-state index in [-0.39, 0.29) is 27.2 Å². The molecule has 268 valence electrons. The molecule has 0 aliphatic heterocycles. The van der Waals surface area contributed by atoms with E-state index in [9.17, 15) is 36.4 Å². The number of amides is 1. The summed E-state index contributed by atoms with van der Waals surface area (Å²) in [6.07, 6.45) is -5.53. The van der Waals surface area contributed by atoms with Crippen molar-refractivity contribution in [2.24, 2.45) is 16.6 Å². The van der Waals surface area contributed by atoms with Crippen LogP contribution in [0.4, 0.5) is 18.0 Å². The number of rotatable bonds is 13. The lowest BCUT2D eigenvalue weighted by molar-refractivity contribution is -0.715. The molecule has 0 fully saturated rings. The lowest BCUT2D eigenvalue weighted by Crippen LogP contribution is -2.45. The summed E-state index contributed by atoms with van der Waals surface area (Å²) in [5.41, 5.74) is -0.294. The van der Waals surface area contributed by atoms with Crippen LogP contribution in [0.25, 0.3) is 16.9 Å². The van der Waals surface area contributed by atoms with Crippen molar-refractivity contribution in [2.45, 2.75) is 65.1 Å². The number of nitrogens with zero attached hydrogens (tertiary/aromatic N) is 5. The zero-order valence-electron chi connectivity index (χ0n) is 28.0. The molecule has 0 saturated carbocycles. The van der Waals surface area contributed by atoms with Gasteiger partial charge in [-0.05, 0) is 63.9 Å². The maximum absolute atomic E-state index is 13.5. The van der Waals surface area contributed by atoms with Gasteiger partial charge in [0, 0.05) is 5.56 Å². The number of nitrogens with one attached hydrogen (secondary N) is 1. The highest BCUT2D eigenvalue weighted by Crippen LogP contribution is 2.33. The number of aromatic nitrogens is 2. The van der Waals surface area contributed by atoms with Crippen LogP contribution in [0.3, 0.4) is 0 Å². The molecular weight excluding hydrogens is 673 g/mol. The number of benzene rings is 2. The van der Waals surface area contributed by atoms with Gasteiger partial charge in [-0.1, -0.05) is 50.1 Å². The minimum atomic E-state index is -4.72. The monoisotopic (exact) mass is 712 g/mol. The van der Waals surface area contributed by atoms with E-state index in [2.05, 4.69) is 10.4 Å². The van der Waals surface area contributed by atoms with Gasteiger partial charge in [0.05, 0.1) is 33.7 Å². The molecule has 0 spiro atoms. The second-order valence-corrected chi connectivity index (χ2v) is 13.9. The number of carbonyl (C=O) groups is 2. The van der Waals surface area contributed by atoms with Crippen LogP contribution in [-0.2, 0) is 35.3 Å². The molecule has 1 amide bonds. The highest BCUT2D eigenvalue weighted by Gasteiger charge is 2.35. The van der Waals surface area contributed by atoms with Crippen molar-refractivity contribution in [1.29, 1.82) is 0 Å².